The smallest absolute Gasteiger partial charge is 0.230 e. The second-order valence-corrected chi connectivity index (χ2v) is 7.84. The molecule has 4 aromatic rings. The maximum atomic E-state index is 13.7. The Morgan fingerprint density at radius 2 is 1.75 bits per heavy atom. The minimum Gasteiger partial charge on any atom is -0.310 e. The lowest BCUT2D eigenvalue weighted by Gasteiger charge is -2.10. The highest BCUT2D eigenvalue weighted by molar-refractivity contribution is 6.31. The Kier molecular flexibility index (Phi) is 6.21. The molecule has 0 saturated carbocycles. The molecule has 0 aliphatic carbocycles. The maximum absolute atomic E-state index is 13.7. The molecule has 1 amide bonds. The summed E-state index contributed by atoms with van der Waals surface area (Å²) >= 11 is 12.0. The Labute approximate surface area is 192 Å². The number of aryl methyl sites for hydroxylation is 1. The fourth-order valence-corrected chi connectivity index (χ4v) is 3.73. The molecule has 162 valence electrons. The van der Waals surface area contributed by atoms with Crippen molar-refractivity contribution in [3.05, 3.63) is 88.2 Å². The Balaban J connectivity index is 1.75. The molecule has 0 unspecified atom stereocenters. The van der Waals surface area contributed by atoms with Gasteiger partial charge in [0.15, 0.2) is 0 Å². The number of carbonyl (C=O) groups is 1. The fourth-order valence-electron chi connectivity index (χ4n) is 3.32. The van der Waals surface area contributed by atoms with Gasteiger partial charge in [0.25, 0.3) is 0 Å². The molecule has 9 heteroatoms. The van der Waals surface area contributed by atoms with Gasteiger partial charge in [-0.1, -0.05) is 29.3 Å². The van der Waals surface area contributed by atoms with Crippen LogP contribution in [-0.2, 0) is 18.3 Å². The Hall–Kier alpha value is -3.29. The summed E-state index contributed by atoms with van der Waals surface area (Å²) in [5, 5.41) is 7.54. The minimum atomic E-state index is -0.540. The number of carbonyl (C=O) groups excluding carboxylic acids is 1. The summed E-state index contributed by atoms with van der Waals surface area (Å²) in [5.41, 5.74) is 2.95. The van der Waals surface area contributed by atoms with E-state index in [2.05, 4.69) is 15.4 Å². The second-order valence-electron chi connectivity index (χ2n) is 7.02. The van der Waals surface area contributed by atoms with Crippen molar-refractivity contribution in [3.63, 3.8) is 0 Å². The Bertz CT molecular complexity index is 1310. The minimum absolute atomic E-state index is 0.0367. The number of pyridine rings is 1. The maximum Gasteiger partial charge on any atom is 0.230 e. The zero-order chi connectivity index (χ0) is 22.8. The van der Waals surface area contributed by atoms with Gasteiger partial charge >= 0.3 is 0 Å². The summed E-state index contributed by atoms with van der Waals surface area (Å²) < 4.78 is 28.5. The summed E-state index contributed by atoms with van der Waals surface area (Å²) in [6, 6.07) is 11.7. The molecule has 0 aliphatic rings. The van der Waals surface area contributed by atoms with Crippen LogP contribution in [0.1, 0.15) is 5.56 Å². The van der Waals surface area contributed by atoms with E-state index in [1.54, 1.807) is 37.6 Å². The van der Waals surface area contributed by atoms with Gasteiger partial charge in [-0.2, -0.15) is 5.10 Å². The number of hydrogen-bond donors (Lipinski definition) is 1. The second kappa shape index (κ2) is 9.06. The number of nitrogens with zero attached hydrogens (tertiary/aromatic N) is 3. The van der Waals surface area contributed by atoms with Gasteiger partial charge in [0.1, 0.15) is 23.1 Å². The number of aromatic nitrogens is 3. The molecule has 2 aromatic carbocycles. The van der Waals surface area contributed by atoms with Crippen LogP contribution in [0, 0.1) is 11.6 Å². The summed E-state index contributed by atoms with van der Waals surface area (Å²) in [7, 11) is 1.68. The van der Waals surface area contributed by atoms with Crippen molar-refractivity contribution < 1.29 is 13.6 Å². The number of anilines is 1. The zero-order valence-corrected chi connectivity index (χ0v) is 18.3. The number of benzene rings is 2. The van der Waals surface area contributed by atoms with Gasteiger partial charge in [0, 0.05) is 30.0 Å². The monoisotopic (exact) mass is 472 g/mol. The molecule has 0 saturated heterocycles. The third-order valence-electron chi connectivity index (χ3n) is 4.83. The topological polar surface area (TPSA) is 59.8 Å². The average Bonchev–Trinajstić information content (AvgIpc) is 3.08. The van der Waals surface area contributed by atoms with E-state index in [4.69, 9.17) is 23.2 Å². The van der Waals surface area contributed by atoms with Crippen LogP contribution < -0.4 is 5.32 Å². The van der Waals surface area contributed by atoms with Crippen molar-refractivity contribution in [2.24, 2.45) is 7.05 Å². The average molecular weight is 473 g/mol. The Morgan fingerprint density at radius 1 is 1.00 bits per heavy atom. The first-order valence-electron chi connectivity index (χ1n) is 9.50. The van der Waals surface area contributed by atoms with Gasteiger partial charge in [-0.25, -0.2) is 8.78 Å². The van der Waals surface area contributed by atoms with E-state index in [-0.39, 0.29) is 22.4 Å². The molecule has 0 radical (unpaired) electrons. The van der Waals surface area contributed by atoms with Gasteiger partial charge in [-0.05, 0) is 53.6 Å². The molecule has 4 rings (SSSR count). The number of hydrogen-bond acceptors (Lipinski definition) is 3. The van der Waals surface area contributed by atoms with Crippen LogP contribution in [0.5, 0.6) is 0 Å². The molecule has 0 fully saturated rings. The molecule has 0 bridgehead atoms. The predicted octanol–water partition coefficient (Wildman–Crippen LogP) is 5.92. The van der Waals surface area contributed by atoms with Gasteiger partial charge in [-0.15, -0.1) is 0 Å². The summed E-state index contributed by atoms with van der Waals surface area (Å²) in [6.45, 7) is 0. The lowest BCUT2D eigenvalue weighted by Crippen LogP contribution is -2.17. The first-order chi connectivity index (χ1) is 15.3. The molecule has 0 atom stereocenters. The van der Waals surface area contributed by atoms with Gasteiger partial charge in [0.05, 0.1) is 17.0 Å². The SMILES string of the molecule is Cn1nc(-c2ccc(F)c(Cl)c2)c(-c2ccncc2)c1NC(=O)Cc1ccc(F)cc1Cl. The van der Waals surface area contributed by atoms with Crippen molar-refractivity contribution in [1.82, 2.24) is 14.8 Å². The largest absolute Gasteiger partial charge is 0.310 e. The van der Waals surface area contributed by atoms with Crippen LogP contribution >= 0.6 is 23.2 Å². The van der Waals surface area contributed by atoms with E-state index < -0.39 is 11.6 Å². The summed E-state index contributed by atoms with van der Waals surface area (Å²) in [4.78, 5) is 16.9. The highest BCUT2D eigenvalue weighted by Crippen LogP contribution is 2.38. The van der Waals surface area contributed by atoms with E-state index >= 15 is 0 Å². The van der Waals surface area contributed by atoms with Crippen LogP contribution in [0.15, 0.2) is 60.9 Å². The third-order valence-corrected chi connectivity index (χ3v) is 5.47. The zero-order valence-electron chi connectivity index (χ0n) is 16.7. The van der Waals surface area contributed by atoms with Crippen LogP contribution in [-0.4, -0.2) is 20.7 Å². The number of nitrogens with one attached hydrogen (secondary N) is 1. The normalized spacial score (nSPS) is 10.9. The lowest BCUT2D eigenvalue weighted by molar-refractivity contribution is -0.115. The molecule has 5 nitrogen and oxygen atoms in total. The fraction of sp³-hybridized carbons (Fsp3) is 0.0870. The highest BCUT2D eigenvalue weighted by atomic mass is 35.5. The molecule has 2 heterocycles. The lowest BCUT2D eigenvalue weighted by atomic mass is 10.0. The number of rotatable bonds is 5. The van der Waals surface area contributed by atoms with Gasteiger partial charge in [-0.3, -0.25) is 14.5 Å². The van der Waals surface area contributed by atoms with Crippen molar-refractivity contribution in [3.8, 4) is 22.4 Å². The number of amides is 1. The van der Waals surface area contributed by atoms with E-state index in [1.807, 2.05) is 0 Å². The molecule has 0 spiro atoms. The van der Waals surface area contributed by atoms with E-state index in [0.29, 0.717) is 28.2 Å². The number of halogens is 4. The van der Waals surface area contributed by atoms with Crippen LogP contribution in [0.25, 0.3) is 22.4 Å². The molecule has 1 N–H and O–H groups in total. The van der Waals surface area contributed by atoms with Crippen molar-refractivity contribution in [2.45, 2.75) is 6.42 Å². The quantitative estimate of drug-likeness (QED) is 0.392. The molecule has 0 aliphatic heterocycles. The summed E-state index contributed by atoms with van der Waals surface area (Å²) in [6.07, 6.45) is 3.18. The Morgan fingerprint density at radius 3 is 2.44 bits per heavy atom. The highest BCUT2D eigenvalue weighted by Gasteiger charge is 2.22. The summed E-state index contributed by atoms with van der Waals surface area (Å²) in [5.74, 6) is -0.953. The third kappa shape index (κ3) is 4.49. The van der Waals surface area contributed by atoms with Crippen LogP contribution in [0.2, 0.25) is 10.0 Å². The predicted molar refractivity (Wildman–Crippen MR) is 121 cm³/mol. The molecular formula is C23H16Cl2F2N4O. The van der Waals surface area contributed by atoms with Crippen LogP contribution in [0.3, 0.4) is 0 Å². The van der Waals surface area contributed by atoms with E-state index in [0.717, 1.165) is 11.6 Å². The standard InChI is InChI=1S/C23H16Cl2F2N4O/c1-31-23(29-20(32)11-14-2-4-16(26)12-17(14)24)21(13-6-8-28-9-7-13)22(30-31)15-3-5-19(27)18(25)10-15/h2-10,12H,11H2,1H3,(H,29,32). The molecule has 2 aromatic heterocycles. The van der Waals surface area contributed by atoms with Crippen molar-refractivity contribution in [1.29, 1.82) is 0 Å². The molecular weight excluding hydrogens is 457 g/mol. The van der Waals surface area contributed by atoms with E-state index in [9.17, 15) is 13.6 Å². The van der Waals surface area contributed by atoms with E-state index in [1.165, 1.54) is 28.9 Å². The van der Waals surface area contributed by atoms with Gasteiger partial charge < -0.3 is 5.32 Å². The van der Waals surface area contributed by atoms with Crippen LogP contribution in [0.4, 0.5) is 14.6 Å². The van der Waals surface area contributed by atoms with Gasteiger partial charge in [0.2, 0.25) is 5.91 Å². The van der Waals surface area contributed by atoms with Crippen molar-refractivity contribution >= 4 is 34.9 Å². The van der Waals surface area contributed by atoms with Crippen molar-refractivity contribution in [2.75, 3.05) is 5.32 Å². The molecule has 32 heavy (non-hydrogen) atoms. The first kappa shape index (κ1) is 21.9. The first-order valence-corrected chi connectivity index (χ1v) is 10.3.